The van der Waals surface area contributed by atoms with E-state index < -0.39 is 0 Å². The van der Waals surface area contributed by atoms with Gasteiger partial charge in [-0.2, -0.15) is 0 Å². The number of carbonyl (C=O) groups is 2. The summed E-state index contributed by atoms with van der Waals surface area (Å²) < 4.78 is 0. The summed E-state index contributed by atoms with van der Waals surface area (Å²) in [4.78, 5) is 26.7. The van der Waals surface area contributed by atoms with Crippen molar-refractivity contribution in [1.29, 1.82) is 0 Å². The molecule has 0 saturated heterocycles. The van der Waals surface area contributed by atoms with Crippen molar-refractivity contribution in [3.05, 3.63) is 52.2 Å². The molecule has 0 aliphatic rings. The molecule has 0 saturated carbocycles. The first kappa shape index (κ1) is 16.2. The Morgan fingerprint density at radius 3 is 2.73 bits per heavy atom. The summed E-state index contributed by atoms with van der Waals surface area (Å²) in [5, 5.41) is 4.68. The monoisotopic (exact) mass is 316 g/mol. The number of benzene rings is 1. The molecule has 1 N–H and O–H groups in total. The van der Waals surface area contributed by atoms with Gasteiger partial charge in [-0.3, -0.25) is 9.59 Å². The highest BCUT2D eigenvalue weighted by atomic mass is 32.1. The number of hydrogen-bond donors (Lipinski definition) is 1. The molecule has 0 bridgehead atoms. The van der Waals surface area contributed by atoms with Crippen LogP contribution < -0.4 is 5.32 Å². The Morgan fingerprint density at radius 2 is 2.05 bits per heavy atom. The summed E-state index contributed by atoms with van der Waals surface area (Å²) in [7, 11) is 1.80. The second kappa shape index (κ2) is 7.75. The van der Waals surface area contributed by atoms with Gasteiger partial charge in [0.15, 0.2) is 0 Å². The lowest BCUT2D eigenvalue weighted by Gasteiger charge is -2.17. The van der Waals surface area contributed by atoms with Gasteiger partial charge in [0, 0.05) is 24.8 Å². The number of anilines is 1. The number of nitrogens with one attached hydrogen (secondary N) is 1. The van der Waals surface area contributed by atoms with Gasteiger partial charge in [0.05, 0.1) is 4.88 Å². The summed E-state index contributed by atoms with van der Waals surface area (Å²) in [6.07, 6.45) is 2.03. The van der Waals surface area contributed by atoms with Gasteiger partial charge in [0.2, 0.25) is 0 Å². The van der Waals surface area contributed by atoms with E-state index >= 15 is 0 Å². The summed E-state index contributed by atoms with van der Waals surface area (Å²) in [6.45, 7) is 2.83. The maximum Gasteiger partial charge on any atom is 0.265 e. The lowest BCUT2D eigenvalue weighted by atomic mass is 10.1. The minimum Gasteiger partial charge on any atom is -0.342 e. The van der Waals surface area contributed by atoms with Gasteiger partial charge >= 0.3 is 0 Å². The average Bonchev–Trinajstić information content (AvgIpc) is 3.06. The molecule has 0 unspecified atom stereocenters. The molecular weight excluding hydrogens is 296 g/mol. The van der Waals surface area contributed by atoms with Crippen molar-refractivity contribution < 1.29 is 9.59 Å². The van der Waals surface area contributed by atoms with E-state index in [0.29, 0.717) is 16.1 Å². The Kier molecular flexibility index (Phi) is 5.72. The normalized spacial score (nSPS) is 10.3. The minimum atomic E-state index is -0.154. The molecule has 0 atom stereocenters. The highest BCUT2D eigenvalue weighted by molar-refractivity contribution is 7.12. The van der Waals surface area contributed by atoms with Crippen LogP contribution in [0.4, 0.5) is 5.69 Å². The standard InChI is InChI=1S/C17H20N2O2S/c1-3-4-10-19(2)17(21)13-7-5-8-14(12-13)18-16(20)15-9-6-11-22-15/h5-9,11-12H,3-4,10H2,1-2H3,(H,18,20). The van der Waals surface area contributed by atoms with Crippen LogP contribution in [0.2, 0.25) is 0 Å². The molecule has 0 fully saturated rings. The first-order chi connectivity index (χ1) is 10.6. The molecule has 5 heteroatoms. The largest absolute Gasteiger partial charge is 0.342 e. The van der Waals surface area contributed by atoms with Crippen LogP contribution in [-0.2, 0) is 0 Å². The predicted molar refractivity (Wildman–Crippen MR) is 90.6 cm³/mol. The fraction of sp³-hybridized carbons (Fsp3) is 0.294. The van der Waals surface area contributed by atoms with E-state index in [1.807, 2.05) is 11.4 Å². The van der Waals surface area contributed by atoms with Crippen LogP contribution in [0, 0.1) is 0 Å². The van der Waals surface area contributed by atoms with Gasteiger partial charge in [0.25, 0.3) is 11.8 Å². The van der Waals surface area contributed by atoms with Gasteiger partial charge in [-0.15, -0.1) is 11.3 Å². The highest BCUT2D eigenvalue weighted by Gasteiger charge is 2.13. The van der Waals surface area contributed by atoms with Crippen molar-refractivity contribution in [2.45, 2.75) is 19.8 Å². The number of amides is 2. The third-order valence-electron chi connectivity index (χ3n) is 3.31. The van der Waals surface area contributed by atoms with Crippen LogP contribution >= 0.6 is 11.3 Å². The average molecular weight is 316 g/mol. The summed E-state index contributed by atoms with van der Waals surface area (Å²) >= 11 is 1.39. The van der Waals surface area contributed by atoms with Crippen LogP contribution in [0.3, 0.4) is 0 Å². The number of nitrogens with zero attached hydrogens (tertiary/aromatic N) is 1. The van der Waals surface area contributed by atoms with E-state index in [9.17, 15) is 9.59 Å². The second-order valence-electron chi connectivity index (χ2n) is 5.09. The molecule has 22 heavy (non-hydrogen) atoms. The molecule has 2 rings (SSSR count). The van der Waals surface area contributed by atoms with Gasteiger partial charge in [-0.05, 0) is 36.1 Å². The smallest absolute Gasteiger partial charge is 0.265 e. The predicted octanol–water partition coefficient (Wildman–Crippen LogP) is 3.87. The van der Waals surface area contributed by atoms with E-state index in [4.69, 9.17) is 0 Å². The second-order valence-corrected chi connectivity index (χ2v) is 6.04. The van der Waals surface area contributed by atoms with Crippen LogP contribution in [0.1, 0.15) is 39.8 Å². The fourth-order valence-corrected chi connectivity index (χ4v) is 2.67. The maximum absolute atomic E-state index is 12.3. The molecule has 2 aromatic rings. The molecule has 0 aliphatic carbocycles. The van der Waals surface area contributed by atoms with Crippen molar-refractivity contribution in [1.82, 2.24) is 4.90 Å². The molecule has 4 nitrogen and oxygen atoms in total. The highest BCUT2D eigenvalue weighted by Crippen LogP contribution is 2.16. The first-order valence-corrected chi connectivity index (χ1v) is 8.20. The Bertz CT molecular complexity index is 638. The van der Waals surface area contributed by atoms with E-state index in [1.165, 1.54) is 11.3 Å². The Labute approximate surface area is 134 Å². The first-order valence-electron chi connectivity index (χ1n) is 7.32. The summed E-state index contributed by atoms with van der Waals surface area (Å²) in [5.41, 5.74) is 1.22. The molecule has 116 valence electrons. The van der Waals surface area contributed by atoms with E-state index in [0.717, 1.165) is 19.4 Å². The zero-order valence-electron chi connectivity index (χ0n) is 12.8. The Morgan fingerprint density at radius 1 is 1.23 bits per heavy atom. The maximum atomic E-state index is 12.3. The number of carbonyl (C=O) groups excluding carboxylic acids is 2. The van der Waals surface area contributed by atoms with Crippen molar-refractivity contribution in [2.24, 2.45) is 0 Å². The van der Waals surface area contributed by atoms with Crippen LogP contribution in [0.25, 0.3) is 0 Å². The van der Waals surface area contributed by atoms with Crippen LogP contribution in [0.5, 0.6) is 0 Å². The van der Waals surface area contributed by atoms with Gasteiger partial charge < -0.3 is 10.2 Å². The number of thiophene rings is 1. The summed E-state index contributed by atoms with van der Waals surface area (Å²) in [5.74, 6) is -0.181. The number of hydrogen-bond acceptors (Lipinski definition) is 3. The number of unbranched alkanes of at least 4 members (excludes halogenated alkanes) is 1. The zero-order valence-corrected chi connectivity index (χ0v) is 13.7. The molecule has 1 heterocycles. The third kappa shape index (κ3) is 4.18. The number of rotatable bonds is 6. The quantitative estimate of drug-likeness (QED) is 0.879. The van der Waals surface area contributed by atoms with Crippen molar-refractivity contribution in [3.8, 4) is 0 Å². The van der Waals surface area contributed by atoms with Crippen LogP contribution in [-0.4, -0.2) is 30.3 Å². The SMILES string of the molecule is CCCCN(C)C(=O)c1cccc(NC(=O)c2cccs2)c1. The molecule has 0 radical (unpaired) electrons. The van der Waals surface area contributed by atoms with Gasteiger partial charge in [-0.25, -0.2) is 0 Å². The lowest BCUT2D eigenvalue weighted by molar-refractivity contribution is 0.0793. The molecular formula is C17H20N2O2S. The molecule has 2 amide bonds. The Hall–Kier alpha value is -2.14. The topological polar surface area (TPSA) is 49.4 Å². The summed E-state index contributed by atoms with van der Waals surface area (Å²) in [6, 6.07) is 10.7. The third-order valence-corrected chi connectivity index (χ3v) is 4.17. The minimum absolute atomic E-state index is 0.0272. The van der Waals surface area contributed by atoms with Gasteiger partial charge in [0.1, 0.15) is 0 Å². The van der Waals surface area contributed by atoms with E-state index in [-0.39, 0.29) is 11.8 Å². The zero-order chi connectivity index (χ0) is 15.9. The fourth-order valence-electron chi connectivity index (χ4n) is 2.05. The van der Waals surface area contributed by atoms with Crippen molar-refractivity contribution in [3.63, 3.8) is 0 Å². The lowest BCUT2D eigenvalue weighted by Crippen LogP contribution is -2.27. The van der Waals surface area contributed by atoms with Crippen molar-refractivity contribution >= 4 is 28.8 Å². The molecule has 0 aliphatic heterocycles. The molecule has 0 spiro atoms. The van der Waals surface area contributed by atoms with Crippen molar-refractivity contribution in [2.75, 3.05) is 18.9 Å². The Balaban J connectivity index is 2.06. The molecule has 1 aromatic heterocycles. The van der Waals surface area contributed by atoms with Gasteiger partial charge in [-0.1, -0.05) is 25.5 Å². The van der Waals surface area contributed by atoms with E-state index in [1.54, 1.807) is 42.3 Å². The molecule has 1 aromatic carbocycles. The van der Waals surface area contributed by atoms with E-state index in [2.05, 4.69) is 12.2 Å². The van der Waals surface area contributed by atoms with Crippen LogP contribution in [0.15, 0.2) is 41.8 Å².